The van der Waals surface area contributed by atoms with Gasteiger partial charge >= 0.3 is 11.7 Å². The number of imide groups is 2. The van der Waals surface area contributed by atoms with Crippen molar-refractivity contribution in [3.63, 3.8) is 0 Å². The summed E-state index contributed by atoms with van der Waals surface area (Å²) in [5, 5.41) is 24.7. The maximum absolute atomic E-state index is 13.5. The first-order chi connectivity index (χ1) is 21.6. The van der Waals surface area contributed by atoms with Gasteiger partial charge in [0.25, 0.3) is 17.5 Å². The molecule has 3 aromatic carbocycles. The molecule has 0 radical (unpaired) electrons. The molecule has 1 aliphatic heterocycles. The summed E-state index contributed by atoms with van der Waals surface area (Å²) in [5.74, 6) is 0.759. The highest BCUT2D eigenvalue weighted by molar-refractivity contribution is 6.39. The van der Waals surface area contributed by atoms with Gasteiger partial charge in [0.05, 0.1) is 21.6 Å². The molecule has 4 bridgehead atoms. The van der Waals surface area contributed by atoms with Crippen LogP contribution in [0.5, 0.6) is 11.5 Å². The van der Waals surface area contributed by atoms with Crippen LogP contribution in [0.3, 0.4) is 0 Å². The van der Waals surface area contributed by atoms with Crippen LogP contribution in [-0.2, 0) is 15.0 Å². The zero-order valence-corrected chi connectivity index (χ0v) is 24.0. The summed E-state index contributed by atoms with van der Waals surface area (Å²) in [5.41, 5.74) is 0.973. The second-order valence-corrected chi connectivity index (χ2v) is 12.5. The number of urea groups is 1. The number of benzene rings is 3. The van der Waals surface area contributed by atoms with E-state index in [2.05, 4.69) is 5.32 Å². The zero-order chi connectivity index (χ0) is 31.5. The minimum atomic E-state index is -0.826. The van der Waals surface area contributed by atoms with E-state index in [9.17, 15) is 34.6 Å². The molecule has 12 nitrogen and oxygen atoms in total. The van der Waals surface area contributed by atoms with Crippen LogP contribution in [0.25, 0.3) is 6.08 Å². The second-order valence-electron chi connectivity index (χ2n) is 12.5. The van der Waals surface area contributed by atoms with Gasteiger partial charge < -0.3 is 4.74 Å². The van der Waals surface area contributed by atoms with E-state index in [0.29, 0.717) is 11.3 Å². The third-order valence-corrected chi connectivity index (χ3v) is 9.65. The highest BCUT2D eigenvalue weighted by Gasteiger charge is 2.51. The number of rotatable bonds is 7. The predicted octanol–water partition coefficient (Wildman–Crippen LogP) is 6.43. The van der Waals surface area contributed by atoms with Crippen molar-refractivity contribution >= 4 is 41.0 Å². The first kappa shape index (κ1) is 28.4. The fraction of sp³-hybridized carbons (Fsp3) is 0.303. The molecule has 0 atom stereocenters. The predicted molar refractivity (Wildman–Crippen MR) is 162 cm³/mol. The molecule has 4 aliphatic carbocycles. The van der Waals surface area contributed by atoms with Gasteiger partial charge in [-0.05, 0) is 109 Å². The molecule has 12 heteroatoms. The van der Waals surface area contributed by atoms with Crippen molar-refractivity contribution in [2.24, 2.45) is 17.8 Å². The lowest BCUT2D eigenvalue weighted by molar-refractivity contribution is -0.394. The van der Waals surface area contributed by atoms with Gasteiger partial charge in [-0.1, -0.05) is 24.3 Å². The monoisotopic (exact) mass is 608 g/mol. The van der Waals surface area contributed by atoms with E-state index in [1.807, 2.05) is 12.1 Å². The molecule has 0 aromatic heterocycles. The molecule has 3 aromatic rings. The molecule has 0 spiro atoms. The average Bonchev–Trinajstić information content (AvgIpc) is 2.99. The Bertz CT molecular complexity index is 1760. The van der Waals surface area contributed by atoms with E-state index in [0.717, 1.165) is 40.9 Å². The molecule has 1 saturated heterocycles. The van der Waals surface area contributed by atoms with E-state index in [4.69, 9.17) is 4.74 Å². The Labute approximate surface area is 257 Å². The Morgan fingerprint density at radius 3 is 2.02 bits per heavy atom. The molecular weight excluding hydrogens is 580 g/mol. The van der Waals surface area contributed by atoms with Crippen molar-refractivity contribution in [1.29, 1.82) is 0 Å². The standard InChI is InChI=1S/C33H28N4O8/c38-30-27(14-19-1-8-26(9-2-19)45-29-10-7-25(36(41)42)15-28(29)37(43)44)31(39)35(32(40)34-30)24-5-3-23(4-6-24)33-16-20-11-21(17-33)13-22(12-20)18-33/h1-10,14-15,20-22H,11-13,16-18H2,(H,34,38,40)/b27-14+. The zero-order valence-electron chi connectivity index (χ0n) is 24.0. The first-order valence-corrected chi connectivity index (χ1v) is 14.8. The molecule has 8 rings (SSSR count). The summed E-state index contributed by atoms with van der Waals surface area (Å²) in [6.45, 7) is 0. The van der Waals surface area contributed by atoms with Gasteiger partial charge in [0.15, 0.2) is 0 Å². The van der Waals surface area contributed by atoms with Crippen LogP contribution >= 0.6 is 0 Å². The smallest absolute Gasteiger partial charge is 0.335 e. The maximum Gasteiger partial charge on any atom is 0.335 e. The minimum absolute atomic E-state index is 0.168. The Kier molecular flexibility index (Phi) is 6.72. The molecular formula is C33H28N4O8. The van der Waals surface area contributed by atoms with Crippen LogP contribution in [0.4, 0.5) is 21.9 Å². The number of ether oxygens (including phenoxy) is 1. The SMILES string of the molecule is O=C1NC(=O)N(c2ccc(C34CC5CC(CC(C5)C3)C4)cc2)C(=O)/C1=C/c1ccc(Oc2ccc([N+](=O)[O-])cc2[N+](=O)[O-])cc1. The van der Waals surface area contributed by atoms with Crippen molar-refractivity contribution in [1.82, 2.24) is 5.32 Å². The van der Waals surface area contributed by atoms with Crippen LogP contribution in [0, 0.1) is 38.0 Å². The molecule has 1 N–H and O–H groups in total. The highest BCUT2D eigenvalue weighted by atomic mass is 16.6. The number of nitro benzene ring substituents is 2. The van der Waals surface area contributed by atoms with Crippen LogP contribution in [0.1, 0.15) is 49.7 Å². The number of nitrogens with zero attached hydrogens (tertiary/aromatic N) is 3. The number of carbonyl (C=O) groups excluding carboxylic acids is 3. The van der Waals surface area contributed by atoms with Crippen molar-refractivity contribution in [3.05, 3.63) is 104 Å². The fourth-order valence-corrected chi connectivity index (χ4v) is 8.09. The van der Waals surface area contributed by atoms with Crippen molar-refractivity contribution in [3.8, 4) is 11.5 Å². The summed E-state index contributed by atoms with van der Waals surface area (Å²) in [6.07, 6.45) is 8.92. The number of hydrogen-bond donors (Lipinski definition) is 1. The van der Waals surface area contributed by atoms with E-state index >= 15 is 0 Å². The van der Waals surface area contributed by atoms with Crippen LogP contribution in [0.2, 0.25) is 0 Å². The number of amides is 4. The summed E-state index contributed by atoms with van der Waals surface area (Å²) in [6, 6.07) is 15.8. The van der Waals surface area contributed by atoms with E-state index in [1.54, 1.807) is 12.1 Å². The molecule has 1 heterocycles. The van der Waals surface area contributed by atoms with Crippen LogP contribution in [-0.4, -0.2) is 27.7 Å². The lowest BCUT2D eigenvalue weighted by Crippen LogP contribution is -2.54. The van der Waals surface area contributed by atoms with Crippen LogP contribution in [0.15, 0.2) is 72.3 Å². The van der Waals surface area contributed by atoms with Gasteiger partial charge in [-0.3, -0.25) is 35.1 Å². The summed E-state index contributed by atoms with van der Waals surface area (Å²) >= 11 is 0. The topological polar surface area (TPSA) is 162 Å². The first-order valence-electron chi connectivity index (χ1n) is 14.8. The number of non-ortho nitro benzene ring substituents is 1. The second kappa shape index (κ2) is 10.7. The van der Waals surface area contributed by atoms with Gasteiger partial charge in [-0.25, -0.2) is 9.69 Å². The maximum atomic E-state index is 13.5. The van der Waals surface area contributed by atoms with Gasteiger partial charge in [0.2, 0.25) is 5.75 Å². The fourth-order valence-electron chi connectivity index (χ4n) is 8.09. The third-order valence-electron chi connectivity index (χ3n) is 9.65. The number of barbiturate groups is 1. The molecule has 228 valence electrons. The number of nitro groups is 2. The number of anilines is 1. The Hall–Kier alpha value is -5.39. The quantitative estimate of drug-likeness (QED) is 0.139. The summed E-state index contributed by atoms with van der Waals surface area (Å²) < 4.78 is 5.58. The average molecular weight is 609 g/mol. The molecule has 4 saturated carbocycles. The number of nitrogens with one attached hydrogen (secondary N) is 1. The van der Waals surface area contributed by atoms with E-state index < -0.39 is 39.1 Å². The Balaban J connectivity index is 1.10. The van der Waals surface area contributed by atoms with Crippen molar-refractivity contribution in [2.45, 2.75) is 43.9 Å². The van der Waals surface area contributed by atoms with E-state index in [-0.39, 0.29) is 22.5 Å². The van der Waals surface area contributed by atoms with Gasteiger partial charge in [0.1, 0.15) is 11.3 Å². The Morgan fingerprint density at radius 2 is 1.44 bits per heavy atom. The van der Waals surface area contributed by atoms with Crippen molar-refractivity contribution < 1.29 is 29.0 Å². The van der Waals surface area contributed by atoms with Gasteiger partial charge in [-0.15, -0.1) is 0 Å². The van der Waals surface area contributed by atoms with Crippen LogP contribution < -0.4 is 15.0 Å². The molecule has 0 unspecified atom stereocenters. The lowest BCUT2D eigenvalue weighted by Gasteiger charge is -2.57. The number of carbonyl (C=O) groups is 3. The lowest BCUT2D eigenvalue weighted by atomic mass is 9.48. The van der Waals surface area contributed by atoms with Crippen molar-refractivity contribution in [2.75, 3.05) is 4.90 Å². The minimum Gasteiger partial charge on any atom is -0.450 e. The molecule has 5 fully saturated rings. The van der Waals surface area contributed by atoms with E-state index in [1.165, 1.54) is 74.4 Å². The summed E-state index contributed by atoms with van der Waals surface area (Å²) in [7, 11) is 0. The van der Waals surface area contributed by atoms with Gasteiger partial charge in [-0.2, -0.15) is 0 Å². The molecule has 5 aliphatic rings. The number of hydrogen-bond acceptors (Lipinski definition) is 8. The molecule has 4 amide bonds. The Morgan fingerprint density at radius 1 is 0.822 bits per heavy atom. The molecule has 45 heavy (non-hydrogen) atoms. The third kappa shape index (κ3) is 5.11. The highest BCUT2D eigenvalue weighted by Crippen LogP contribution is 2.60. The normalized spacial score (nSPS) is 26.2. The largest absolute Gasteiger partial charge is 0.450 e. The van der Waals surface area contributed by atoms with Gasteiger partial charge in [0, 0.05) is 6.07 Å². The summed E-state index contributed by atoms with van der Waals surface area (Å²) in [4.78, 5) is 60.9.